The van der Waals surface area contributed by atoms with E-state index in [9.17, 15) is 0 Å². The summed E-state index contributed by atoms with van der Waals surface area (Å²) in [6, 6.07) is 0. The van der Waals surface area contributed by atoms with Crippen LogP contribution in [0.3, 0.4) is 0 Å². The monoisotopic (exact) mass is 255 g/mol. The normalized spacial score (nSPS) is 18.5. The number of hydrogen-bond acceptors (Lipinski definition) is 3. The molecule has 0 aromatic rings. The highest BCUT2D eigenvalue weighted by Gasteiger charge is 2.11. The van der Waals surface area contributed by atoms with E-state index < -0.39 is 0 Å². The zero-order valence-electron chi connectivity index (χ0n) is 13.0. The summed E-state index contributed by atoms with van der Waals surface area (Å²) in [5, 5.41) is 3.40. The van der Waals surface area contributed by atoms with E-state index in [0.717, 1.165) is 0 Å². The van der Waals surface area contributed by atoms with Crippen molar-refractivity contribution in [3.63, 3.8) is 0 Å². The first-order chi connectivity index (χ1) is 8.47. The van der Waals surface area contributed by atoms with E-state index in [4.69, 9.17) is 0 Å². The van der Waals surface area contributed by atoms with Gasteiger partial charge in [-0.3, -0.25) is 0 Å². The minimum atomic E-state index is 0.488. The van der Waals surface area contributed by atoms with Crippen LogP contribution in [0.15, 0.2) is 0 Å². The van der Waals surface area contributed by atoms with Crippen LogP contribution in [0, 0.1) is 5.41 Å². The maximum absolute atomic E-state index is 3.40. The van der Waals surface area contributed by atoms with Gasteiger partial charge in [0.15, 0.2) is 0 Å². The number of nitrogens with zero attached hydrogens (tertiary/aromatic N) is 2. The first-order valence-corrected chi connectivity index (χ1v) is 7.59. The van der Waals surface area contributed by atoms with Crippen LogP contribution in [-0.4, -0.2) is 62.7 Å². The fraction of sp³-hybridized carbons (Fsp3) is 1.00. The minimum Gasteiger partial charge on any atom is -0.314 e. The summed E-state index contributed by atoms with van der Waals surface area (Å²) in [5.74, 6) is 0. The van der Waals surface area contributed by atoms with Crippen LogP contribution in [0.4, 0.5) is 0 Å². The van der Waals surface area contributed by atoms with Crippen molar-refractivity contribution in [1.82, 2.24) is 15.1 Å². The van der Waals surface area contributed by atoms with Crippen molar-refractivity contribution >= 4 is 0 Å². The maximum atomic E-state index is 3.40. The standard InChI is InChI=1S/C15H33N3/c1-15(2,3)7-5-10-17(4)11-6-12-18-13-8-16-9-14-18/h16H,5-14H2,1-4H3. The number of rotatable bonds is 7. The molecule has 1 heterocycles. The summed E-state index contributed by atoms with van der Waals surface area (Å²) in [7, 11) is 2.26. The van der Waals surface area contributed by atoms with Crippen molar-refractivity contribution in [1.29, 1.82) is 0 Å². The van der Waals surface area contributed by atoms with Crippen LogP contribution in [0.25, 0.3) is 0 Å². The summed E-state index contributed by atoms with van der Waals surface area (Å²) >= 11 is 0. The molecule has 0 amide bonds. The molecule has 0 aromatic heterocycles. The van der Waals surface area contributed by atoms with Crippen molar-refractivity contribution in [2.24, 2.45) is 5.41 Å². The average molecular weight is 255 g/mol. The van der Waals surface area contributed by atoms with Crippen molar-refractivity contribution in [2.45, 2.75) is 40.0 Å². The lowest BCUT2D eigenvalue weighted by Crippen LogP contribution is -2.44. The molecule has 0 aromatic carbocycles. The molecule has 3 nitrogen and oxygen atoms in total. The molecule has 108 valence electrons. The summed E-state index contributed by atoms with van der Waals surface area (Å²) in [4.78, 5) is 5.08. The van der Waals surface area contributed by atoms with Gasteiger partial charge in [-0.15, -0.1) is 0 Å². The van der Waals surface area contributed by atoms with E-state index in [1.165, 1.54) is 65.1 Å². The quantitative estimate of drug-likeness (QED) is 0.751. The van der Waals surface area contributed by atoms with Gasteiger partial charge in [-0.1, -0.05) is 20.8 Å². The Bertz CT molecular complexity index is 204. The van der Waals surface area contributed by atoms with Gasteiger partial charge in [-0.05, 0) is 51.4 Å². The molecule has 0 bridgehead atoms. The molecule has 0 radical (unpaired) electrons. The molecule has 1 aliphatic heterocycles. The van der Waals surface area contributed by atoms with Gasteiger partial charge >= 0.3 is 0 Å². The second kappa shape index (κ2) is 8.13. The van der Waals surface area contributed by atoms with Crippen LogP contribution >= 0.6 is 0 Å². The van der Waals surface area contributed by atoms with E-state index in [1.807, 2.05) is 0 Å². The van der Waals surface area contributed by atoms with E-state index in [2.05, 4.69) is 42.9 Å². The highest BCUT2D eigenvalue weighted by molar-refractivity contribution is 4.68. The van der Waals surface area contributed by atoms with Crippen molar-refractivity contribution in [2.75, 3.05) is 52.9 Å². The fourth-order valence-corrected chi connectivity index (χ4v) is 2.49. The summed E-state index contributed by atoms with van der Waals surface area (Å²) in [5.41, 5.74) is 0.488. The molecule has 1 fully saturated rings. The lowest BCUT2D eigenvalue weighted by Gasteiger charge is -2.28. The lowest BCUT2D eigenvalue weighted by atomic mass is 9.90. The molecule has 18 heavy (non-hydrogen) atoms. The number of nitrogens with one attached hydrogen (secondary N) is 1. The Morgan fingerprint density at radius 1 is 1.06 bits per heavy atom. The molecular weight excluding hydrogens is 222 g/mol. The number of piperazine rings is 1. The van der Waals surface area contributed by atoms with E-state index >= 15 is 0 Å². The molecule has 0 atom stereocenters. The highest BCUT2D eigenvalue weighted by Crippen LogP contribution is 2.20. The fourth-order valence-electron chi connectivity index (χ4n) is 2.49. The Hall–Kier alpha value is -0.120. The Balaban J connectivity index is 1.97. The summed E-state index contributed by atoms with van der Waals surface area (Å²) < 4.78 is 0. The number of hydrogen-bond donors (Lipinski definition) is 1. The second-order valence-electron chi connectivity index (χ2n) is 6.91. The van der Waals surface area contributed by atoms with Crippen molar-refractivity contribution < 1.29 is 0 Å². The molecular formula is C15H33N3. The van der Waals surface area contributed by atoms with Gasteiger partial charge in [-0.2, -0.15) is 0 Å². The lowest BCUT2D eigenvalue weighted by molar-refractivity contribution is 0.218. The predicted molar refractivity (Wildman–Crippen MR) is 80.1 cm³/mol. The molecule has 1 rings (SSSR count). The van der Waals surface area contributed by atoms with Crippen LogP contribution in [0.5, 0.6) is 0 Å². The smallest absolute Gasteiger partial charge is 0.0107 e. The van der Waals surface area contributed by atoms with Gasteiger partial charge in [-0.25, -0.2) is 0 Å². The predicted octanol–water partition coefficient (Wildman–Crippen LogP) is 2.04. The van der Waals surface area contributed by atoms with E-state index in [1.54, 1.807) is 0 Å². The van der Waals surface area contributed by atoms with Crippen LogP contribution in [-0.2, 0) is 0 Å². The van der Waals surface area contributed by atoms with Gasteiger partial charge in [0.1, 0.15) is 0 Å². The summed E-state index contributed by atoms with van der Waals surface area (Å²) in [6.45, 7) is 15.6. The first-order valence-electron chi connectivity index (χ1n) is 7.59. The average Bonchev–Trinajstić information content (AvgIpc) is 2.28. The molecule has 0 unspecified atom stereocenters. The van der Waals surface area contributed by atoms with Gasteiger partial charge in [0.05, 0.1) is 0 Å². The Morgan fingerprint density at radius 2 is 1.67 bits per heavy atom. The molecule has 1 aliphatic rings. The van der Waals surface area contributed by atoms with E-state index in [-0.39, 0.29) is 0 Å². The Kier molecular flexibility index (Phi) is 7.20. The second-order valence-corrected chi connectivity index (χ2v) is 6.91. The third-order valence-corrected chi connectivity index (χ3v) is 3.69. The van der Waals surface area contributed by atoms with Gasteiger partial charge < -0.3 is 15.1 Å². The van der Waals surface area contributed by atoms with E-state index in [0.29, 0.717) is 5.41 Å². The zero-order chi connectivity index (χ0) is 13.4. The Morgan fingerprint density at radius 3 is 2.28 bits per heavy atom. The topological polar surface area (TPSA) is 18.5 Å². The van der Waals surface area contributed by atoms with Gasteiger partial charge in [0, 0.05) is 26.2 Å². The van der Waals surface area contributed by atoms with Crippen LogP contribution < -0.4 is 5.32 Å². The highest BCUT2D eigenvalue weighted by atomic mass is 15.2. The minimum absolute atomic E-state index is 0.488. The SMILES string of the molecule is CN(CCCN1CCNCC1)CCCC(C)(C)C. The molecule has 1 saturated heterocycles. The van der Waals surface area contributed by atoms with Crippen LogP contribution in [0.1, 0.15) is 40.0 Å². The summed E-state index contributed by atoms with van der Waals surface area (Å²) in [6.07, 6.45) is 3.97. The first kappa shape index (κ1) is 15.9. The van der Waals surface area contributed by atoms with Gasteiger partial charge in [0.2, 0.25) is 0 Å². The Labute approximate surface area is 114 Å². The maximum Gasteiger partial charge on any atom is 0.0107 e. The molecule has 1 N–H and O–H groups in total. The largest absolute Gasteiger partial charge is 0.314 e. The molecule has 0 spiro atoms. The van der Waals surface area contributed by atoms with Crippen molar-refractivity contribution in [3.8, 4) is 0 Å². The van der Waals surface area contributed by atoms with Gasteiger partial charge in [0.25, 0.3) is 0 Å². The third-order valence-electron chi connectivity index (χ3n) is 3.69. The van der Waals surface area contributed by atoms with Crippen LogP contribution in [0.2, 0.25) is 0 Å². The third kappa shape index (κ3) is 8.06. The van der Waals surface area contributed by atoms with Crippen molar-refractivity contribution in [3.05, 3.63) is 0 Å². The molecule has 0 saturated carbocycles. The zero-order valence-corrected chi connectivity index (χ0v) is 13.0. The molecule has 3 heteroatoms. The molecule has 0 aliphatic carbocycles.